The Bertz CT molecular complexity index is 485. The van der Waals surface area contributed by atoms with E-state index in [4.69, 9.17) is 0 Å². The van der Waals surface area contributed by atoms with Gasteiger partial charge in [-0.2, -0.15) is 0 Å². The number of aryl methyl sites for hydroxylation is 1. The molecule has 5 heteroatoms. The smallest absolute Gasteiger partial charge is 0.229 e. The molecule has 0 aromatic carbocycles. The van der Waals surface area contributed by atoms with Gasteiger partial charge < -0.3 is 4.57 Å². The maximum absolute atomic E-state index is 10.6. The van der Waals surface area contributed by atoms with Crippen molar-refractivity contribution in [3.05, 3.63) is 34.2 Å². The van der Waals surface area contributed by atoms with E-state index < -0.39 is 0 Å². The first-order valence-electron chi connectivity index (χ1n) is 4.55. The van der Waals surface area contributed by atoms with Crippen LogP contribution in [0.4, 0.5) is 5.69 Å². The fourth-order valence-electron chi connectivity index (χ4n) is 1.25. The van der Waals surface area contributed by atoms with E-state index in [1.54, 1.807) is 25.5 Å². The molecule has 0 radical (unpaired) electrons. The molecule has 1 aromatic heterocycles. The van der Waals surface area contributed by atoms with E-state index >= 15 is 0 Å². The number of nitrogens with zero attached hydrogens (tertiary/aromatic N) is 4. The minimum Gasteiger partial charge on any atom is -0.315 e. The zero-order chi connectivity index (χ0) is 11.6. The Hall–Kier alpha value is -1.78. The average Bonchev–Trinajstić information content (AvgIpc) is 2.14. The Morgan fingerprint density at radius 2 is 2.07 bits per heavy atom. The molecule has 0 fully saturated rings. The lowest BCUT2D eigenvalue weighted by Gasteiger charge is -2.08. The van der Waals surface area contributed by atoms with Gasteiger partial charge in [0.2, 0.25) is 5.62 Å². The van der Waals surface area contributed by atoms with Crippen LogP contribution in [0.15, 0.2) is 22.4 Å². The standard InChI is InChI=1S/C10H14N4O/c1-6(2)11-10-12-7(3)9(13-15)8(4)14(10)5/h1H2,2-5H3/b11-10-. The number of hydrogen-bond acceptors (Lipinski definition) is 4. The van der Waals surface area contributed by atoms with Gasteiger partial charge in [-0.3, -0.25) is 0 Å². The average molecular weight is 206 g/mol. The lowest BCUT2D eigenvalue weighted by molar-refractivity contribution is 0.737. The van der Waals surface area contributed by atoms with Crippen LogP contribution in [0.3, 0.4) is 0 Å². The summed E-state index contributed by atoms with van der Waals surface area (Å²) in [5.74, 6) is 0. The van der Waals surface area contributed by atoms with Crippen molar-refractivity contribution in [2.24, 2.45) is 17.2 Å². The summed E-state index contributed by atoms with van der Waals surface area (Å²) in [7, 11) is 1.79. The summed E-state index contributed by atoms with van der Waals surface area (Å²) in [4.78, 5) is 18.9. The largest absolute Gasteiger partial charge is 0.315 e. The van der Waals surface area contributed by atoms with Crippen LogP contribution in [0.25, 0.3) is 0 Å². The monoisotopic (exact) mass is 206 g/mol. The molecule has 0 aliphatic rings. The zero-order valence-electron chi connectivity index (χ0n) is 9.40. The predicted octanol–water partition coefficient (Wildman–Crippen LogP) is 1.87. The SMILES string of the molecule is C=C(C)/N=c1/nc(C)c(N=O)c(C)n1C. The molecule has 0 saturated carbocycles. The maximum atomic E-state index is 10.6. The normalized spacial score (nSPS) is 11.6. The van der Waals surface area contributed by atoms with Gasteiger partial charge >= 0.3 is 0 Å². The fraction of sp³-hybridized carbons (Fsp3) is 0.400. The van der Waals surface area contributed by atoms with Gasteiger partial charge in [-0.25, -0.2) is 9.98 Å². The first-order valence-corrected chi connectivity index (χ1v) is 4.55. The summed E-state index contributed by atoms with van der Waals surface area (Å²) in [5, 5.41) is 2.95. The lowest BCUT2D eigenvalue weighted by Crippen LogP contribution is -2.24. The van der Waals surface area contributed by atoms with Gasteiger partial charge in [0.25, 0.3) is 0 Å². The highest BCUT2D eigenvalue weighted by atomic mass is 16.3. The van der Waals surface area contributed by atoms with Gasteiger partial charge in [0.05, 0.1) is 5.69 Å². The van der Waals surface area contributed by atoms with Crippen LogP contribution >= 0.6 is 0 Å². The van der Waals surface area contributed by atoms with Crippen LogP contribution in [0.2, 0.25) is 0 Å². The molecule has 0 bridgehead atoms. The molecule has 0 unspecified atom stereocenters. The molecule has 15 heavy (non-hydrogen) atoms. The number of allylic oxidation sites excluding steroid dienone is 1. The summed E-state index contributed by atoms with van der Waals surface area (Å²) in [6, 6.07) is 0. The van der Waals surface area contributed by atoms with Gasteiger partial charge in [0.15, 0.2) is 0 Å². The van der Waals surface area contributed by atoms with Gasteiger partial charge in [-0.1, -0.05) is 6.58 Å². The highest BCUT2D eigenvalue weighted by Crippen LogP contribution is 2.18. The first kappa shape index (κ1) is 11.3. The van der Waals surface area contributed by atoms with Crippen molar-refractivity contribution < 1.29 is 0 Å². The van der Waals surface area contributed by atoms with Crippen molar-refractivity contribution in [1.29, 1.82) is 0 Å². The van der Waals surface area contributed by atoms with Gasteiger partial charge in [0.1, 0.15) is 5.69 Å². The van der Waals surface area contributed by atoms with Crippen LogP contribution in [0.1, 0.15) is 18.3 Å². The van der Waals surface area contributed by atoms with E-state index in [1.165, 1.54) is 0 Å². The van der Waals surface area contributed by atoms with Crippen LogP contribution in [0, 0.1) is 18.8 Å². The molecule has 1 rings (SSSR count). The Morgan fingerprint density at radius 3 is 2.53 bits per heavy atom. The van der Waals surface area contributed by atoms with Crippen molar-refractivity contribution in [3.8, 4) is 0 Å². The summed E-state index contributed by atoms with van der Waals surface area (Å²) >= 11 is 0. The Kier molecular flexibility index (Phi) is 3.14. The molecule has 1 aromatic rings. The molecule has 0 N–H and O–H groups in total. The van der Waals surface area contributed by atoms with E-state index in [9.17, 15) is 4.91 Å². The summed E-state index contributed by atoms with van der Waals surface area (Å²) in [6.07, 6.45) is 0. The van der Waals surface area contributed by atoms with E-state index in [1.807, 2.05) is 6.92 Å². The van der Waals surface area contributed by atoms with Crippen LogP contribution in [-0.2, 0) is 7.05 Å². The second-order valence-corrected chi connectivity index (χ2v) is 3.43. The third kappa shape index (κ3) is 2.18. The van der Waals surface area contributed by atoms with Crippen LogP contribution in [0.5, 0.6) is 0 Å². The Morgan fingerprint density at radius 1 is 1.47 bits per heavy atom. The van der Waals surface area contributed by atoms with E-state index in [0.29, 0.717) is 22.7 Å². The third-order valence-electron chi connectivity index (χ3n) is 2.14. The minimum atomic E-state index is 0.373. The highest BCUT2D eigenvalue weighted by molar-refractivity contribution is 5.44. The molecule has 0 saturated heterocycles. The molecule has 1 heterocycles. The summed E-state index contributed by atoms with van der Waals surface area (Å²) < 4.78 is 1.72. The molecule has 0 atom stereocenters. The summed E-state index contributed by atoms with van der Waals surface area (Å²) in [5.41, 5.74) is 2.91. The molecule has 0 amide bonds. The maximum Gasteiger partial charge on any atom is 0.229 e. The highest BCUT2D eigenvalue weighted by Gasteiger charge is 2.07. The topological polar surface area (TPSA) is 59.6 Å². The van der Waals surface area contributed by atoms with Gasteiger partial charge in [0, 0.05) is 18.4 Å². The number of aromatic nitrogens is 2. The number of nitroso groups, excluding NO2 is 1. The predicted molar refractivity (Wildman–Crippen MR) is 58.5 cm³/mol. The van der Waals surface area contributed by atoms with Crippen molar-refractivity contribution in [1.82, 2.24) is 9.55 Å². The number of hydrogen-bond donors (Lipinski definition) is 0. The van der Waals surface area contributed by atoms with Crippen molar-refractivity contribution in [3.63, 3.8) is 0 Å². The molecule has 0 aliphatic heterocycles. The third-order valence-corrected chi connectivity index (χ3v) is 2.14. The van der Waals surface area contributed by atoms with E-state index in [0.717, 1.165) is 5.69 Å². The Labute approximate surface area is 88.2 Å². The first-order chi connectivity index (χ1) is 6.97. The molecule has 0 aliphatic carbocycles. The van der Waals surface area contributed by atoms with Crippen molar-refractivity contribution in [2.45, 2.75) is 20.8 Å². The second-order valence-electron chi connectivity index (χ2n) is 3.43. The van der Waals surface area contributed by atoms with Gasteiger partial charge in [-0.05, 0) is 25.9 Å². The van der Waals surface area contributed by atoms with Crippen LogP contribution in [-0.4, -0.2) is 9.55 Å². The molecular weight excluding hydrogens is 192 g/mol. The van der Waals surface area contributed by atoms with Crippen molar-refractivity contribution >= 4 is 5.69 Å². The van der Waals surface area contributed by atoms with E-state index in [-0.39, 0.29) is 0 Å². The summed E-state index contributed by atoms with van der Waals surface area (Å²) in [6.45, 7) is 9.02. The molecule has 0 spiro atoms. The van der Waals surface area contributed by atoms with Crippen molar-refractivity contribution in [2.75, 3.05) is 0 Å². The lowest BCUT2D eigenvalue weighted by atomic mass is 10.3. The quantitative estimate of drug-likeness (QED) is 0.693. The fourth-order valence-corrected chi connectivity index (χ4v) is 1.25. The number of rotatable bonds is 2. The Balaban J connectivity index is 3.61. The zero-order valence-corrected chi connectivity index (χ0v) is 9.40. The minimum absolute atomic E-state index is 0.373. The molecular formula is C10H14N4O. The van der Waals surface area contributed by atoms with E-state index in [2.05, 4.69) is 21.7 Å². The van der Waals surface area contributed by atoms with Crippen LogP contribution < -0.4 is 5.62 Å². The molecule has 5 nitrogen and oxygen atoms in total. The molecule has 80 valence electrons. The second kappa shape index (κ2) is 4.16. The van der Waals surface area contributed by atoms with Gasteiger partial charge in [-0.15, -0.1) is 4.91 Å².